The van der Waals surface area contributed by atoms with Crippen molar-refractivity contribution in [3.05, 3.63) is 0 Å². The molecule has 2 amide bonds. The van der Waals surface area contributed by atoms with Crippen LogP contribution in [0.1, 0.15) is 26.2 Å². The first-order valence-electron chi connectivity index (χ1n) is 5.69. The first-order chi connectivity index (χ1) is 8.40. The fraction of sp³-hybridized carbons (Fsp3) is 0.636. The molecule has 2 N–H and O–H groups in total. The van der Waals surface area contributed by atoms with E-state index < -0.39 is 17.9 Å². The van der Waals surface area contributed by atoms with Crippen molar-refractivity contribution in [3.8, 4) is 0 Å². The largest absolute Gasteiger partial charge is 0.480 e. The van der Waals surface area contributed by atoms with Crippen LogP contribution < -0.4 is 5.32 Å². The summed E-state index contributed by atoms with van der Waals surface area (Å²) in [6.07, 6.45) is 0.330. The third-order valence-electron chi connectivity index (χ3n) is 2.73. The highest BCUT2D eigenvalue weighted by Gasteiger charge is 2.27. The summed E-state index contributed by atoms with van der Waals surface area (Å²) in [7, 11) is 0. The Labute approximate surface area is 104 Å². The van der Waals surface area contributed by atoms with Gasteiger partial charge in [0.2, 0.25) is 11.8 Å². The lowest BCUT2D eigenvalue weighted by Gasteiger charge is -2.27. The van der Waals surface area contributed by atoms with Gasteiger partial charge in [0.15, 0.2) is 0 Å². The summed E-state index contributed by atoms with van der Waals surface area (Å²) in [4.78, 5) is 46.0. The van der Waals surface area contributed by atoms with E-state index in [2.05, 4.69) is 5.32 Å². The summed E-state index contributed by atoms with van der Waals surface area (Å²) in [5.41, 5.74) is 0. The molecule has 1 heterocycles. The van der Waals surface area contributed by atoms with Crippen LogP contribution in [-0.4, -0.2) is 52.7 Å². The molecule has 0 aliphatic carbocycles. The number of likely N-dealkylation sites (tertiary alicyclic amines) is 1. The number of carbonyl (C=O) groups excluding carboxylic acids is 3. The molecule has 1 atom stereocenters. The molecule has 1 rings (SSSR count). The van der Waals surface area contributed by atoms with Crippen LogP contribution in [0.4, 0.5) is 0 Å². The van der Waals surface area contributed by atoms with Gasteiger partial charge in [0.05, 0.1) is 6.42 Å². The first-order valence-corrected chi connectivity index (χ1v) is 5.69. The quantitative estimate of drug-likeness (QED) is 0.682. The molecule has 1 unspecified atom stereocenters. The normalized spacial score (nSPS) is 17.2. The van der Waals surface area contributed by atoms with Gasteiger partial charge in [-0.1, -0.05) is 0 Å². The molecule has 7 heteroatoms. The zero-order valence-electron chi connectivity index (χ0n) is 10.1. The molecule has 18 heavy (non-hydrogen) atoms. The average Bonchev–Trinajstić information content (AvgIpc) is 2.28. The lowest BCUT2D eigenvalue weighted by atomic mass is 10.1. The second-order valence-corrected chi connectivity index (χ2v) is 4.21. The summed E-state index contributed by atoms with van der Waals surface area (Å²) in [5.74, 6) is -1.99. The number of hydrogen-bond donors (Lipinski definition) is 2. The predicted octanol–water partition coefficient (Wildman–Crippen LogP) is -0.843. The van der Waals surface area contributed by atoms with E-state index in [-0.39, 0.29) is 18.1 Å². The van der Waals surface area contributed by atoms with Gasteiger partial charge in [-0.25, -0.2) is 4.79 Å². The van der Waals surface area contributed by atoms with E-state index in [1.165, 1.54) is 11.8 Å². The lowest BCUT2D eigenvalue weighted by Crippen LogP contribution is -2.46. The SMILES string of the molecule is CC(=O)NC(CC(=O)N1CCC(=O)CC1)C(=O)O. The molecular weight excluding hydrogens is 240 g/mol. The van der Waals surface area contributed by atoms with E-state index in [9.17, 15) is 19.2 Å². The Hall–Kier alpha value is -1.92. The standard InChI is InChI=1S/C11H16N2O5/c1-7(14)12-9(11(17)18)6-10(16)13-4-2-8(15)3-5-13/h9H,2-6H2,1H3,(H,12,14)(H,17,18). The molecule has 1 aliphatic heterocycles. The molecule has 1 fully saturated rings. The highest BCUT2D eigenvalue weighted by Crippen LogP contribution is 2.08. The monoisotopic (exact) mass is 256 g/mol. The van der Waals surface area contributed by atoms with Crippen LogP contribution in [0.25, 0.3) is 0 Å². The topological polar surface area (TPSA) is 104 Å². The summed E-state index contributed by atoms with van der Waals surface area (Å²) >= 11 is 0. The number of hydrogen-bond acceptors (Lipinski definition) is 4. The van der Waals surface area contributed by atoms with E-state index in [0.717, 1.165) is 0 Å². The van der Waals surface area contributed by atoms with Crippen molar-refractivity contribution in [1.82, 2.24) is 10.2 Å². The van der Waals surface area contributed by atoms with Crippen molar-refractivity contribution >= 4 is 23.6 Å². The second-order valence-electron chi connectivity index (χ2n) is 4.21. The number of Topliss-reactive ketones (excluding diaryl/α,β-unsaturated/α-hetero) is 1. The number of carboxylic acids is 1. The van der Waals surface area contributed by atoms with E-state index in [4.69, 9.17) is 5.11 Å². The smallest absolute Gasteiger partial charge is 0.326 e. The van der Waals surface area contributed by atoms with Crippen molar-refractivity contribution in [2.75, 3.05) is 13.1 Å². The van der Waals surface area contributed by atoms with Gasteiger partial charge in [-0.2, -0.15) is 0 Å². The minimum absolute atomic E-state index is 0.107. The first kappa shape index (κ1) is 14.1. The maximum absolute atomic E-state index is 11.8. The Morgan fingerprint density at radius 1 is 1.33 bits per heavy atom. The van der Waals surface area contributed by atoms with Crippen molar-refractivity contribution in [3.63, 3.8) is 0 Å². The van der Waals surface area contributed by atoms with Gasteiger partial charge in [0.25, 0.3) is 0 Å². The minimum atomic E-state index is -1.24. The Kier molecular flexibility index (Phi) is 4.82. The molecule has 0 aromatic rings. The van der Waals surface area contributed by atoms with Crippen molar-refractivity contribution < 1.29 is 24.3 Å². The molecule has 0 saturated carbocycles. The highest BCUT2D eigenvalue weighted by atomic mass is 16.4. The van der Waals surface area contributed by atoms with Crippen LogP contribution in [0, 0.1) is 0 Å². The van der Waals surface area contributed by atoms with E-state index >= 15 is 0 Å². The van der Waals surface area contributed by atoms with Gasteiger partial charge >= 0.3 is 5.97 Å². The third-order valence-corrected chi connectivity index (χ3v) is 2.73. The van der Waals surface area contributed by atoms with Crippen LogP contribution >= 0.6 is 0 Å². The summed E-state index contributed by atoms with van der Waals surface area (Å²) in [6, 6.07) is -1.22. The number of carboxylic acid groups (broad SMARTS) is 1. The van der Waals surface area contributed by atoms with E-state index in [1.807, 2.05) is 0 Å². The molecule has 7 nitrogen and oxygen atoms in total. The van der Waals surface area contributed by atoms with Crippen LogP contribution in [-0.2, 0) is 19.2 Å². The summed E-state index contributed by atoms with van der Waals surface area (Å²) in [5, 5.41) is 11.1. The van der Waals surface area contributed by atoms with Gasteiger partial charge in [-0.3, -0.25) is 14.4 Å². The van der Waals surface area contributed by atoms with Gasteiger partial charge < -0.3 is 15.3 Å². The molecule has 1 aliphatic rings. The van der Waals surface area contributed by atoms with Crippen LogP contribution in [0.3, 0.4) is 0 Å². The van der Waals surface area contributed by atoms with Gasteiger partial charge in [-0.05, 0) is 0 Å². The van der Waals surface area contributed by atoms with Crippen LogP contribution in [0.5, 0.6) is 0 Å². The van der Waals surface area contributed by atoms with Gasteiger partial charge in [0, 0.05) is 32.9 Å². The van der Waals surface area contributed by atoms with Crippen LogP contribution in [0.2, 0.25) is 0 Å². The van der Waals surface area contributed by atoms with Gasteiger partial charge in [-0.15, -0.1) is 0 Å². The Morgan fingerprint density at radius 3 is 2.33 bits per heavy atom. The van der Waals surface area contributed by atoms with Crippen molar-refractivity contribution in [2.24, 2.45) is 0 Å². The predicted molar refractivity (Wildman–Crippen MR) is 60.7 cm³/mol. The van der Waals surface area contributed by atoms with Crippen molar-refractivity contribution in [1.29, 1.82) is 0 Å². The van der Waals surface area contributed by atoms with Crippen LogP contribution in [0.15, 0.2) is 0 Å². The zero-order valence-corrected chi connectivity index (χ0v) is 10.1. The number of rotatable bonds is 4. The number of carbonyl (C=O) groups is 4. The Balaban J connectivity index is 2.53. The molecule has 0 aromatic heterocycles. The molecular formula is C11H16N2O5. The number of aliphatic carboxylic acids is 1. The molecule has 0 spiro atoms. The third kappa shape index (κ3) is 4.15. The van der Waals surface area contributed by atoms with Crippen molar-refractivity contribution in [2.45, 2.75) is 32.2 Å². The molecule has 0 radical (unpaired) electrons. The number of piperidine rings is 1. The molecule has 1 saturated heterocycles. The Bertz CT molecular complexity index is 370. The maximum Gasteiger partial charge on any atom is 0.326 e. The number of nitrogens with one attached hydrogen (secondary N) is 1. The van der Waals surface area contributed by atoms with Gasteiger partial charge in [0.1, 0.15) is 11.8 Å². The minimum Gasteiger partial charge on any atom is -0.480 e. The Morgan fingerprint density at radius 2 is 1.89 bits per heavy atom. The fourth-order valence-corrected chi connectivity index (χ4v) is 1.75. The number of amides is 2. The summed E-state index contributed by atoms with van der Waals surface area (Å²) in [6.45, 7) is 1.84. The zero-order chi connectivity index (χ0) is 13.7. The number of ketones is 1. The molecule has 0 aromatic carbocycles. The highest BCUT2D eigenvalue weighted by molar-refractivity contribution is 5.89. The van der Waals surface area contributed by atoms with E-state index in [1.54, 1.807) is 0 Å². The second kappa shape index (κ2) is 6.13. The fourth-order valence-electron chi connectivity index (χ4n) is 1.75. The van der Waals surface area contributed by atoms with E-state index in [0.29, 0.717) is 25.9 Å². The lowest BCUT2D eigenvalue weighted by molar-refractivity contribution is -0.145. The number of nitrogens with zero attached hydrogens (tertiary/aromatic N) is 1. The molecule has 0 bridgehead atoms. The average molecular weight is 256 g/mol. The summed E-state index contributed by atoms with van der Waals surface area (Å²) < 4.78 is 0. The molecule has 100 valence electrons. The maximum atomic E-state index is 11.8.